The maximum Gasteiger partial charge on any atom is 0.330 e. The van der Waals surface area contributed by atoms with Crippen LogP contribution < -0.4 is 21.9 Å². The zero-order chi connectivity index (χ0) is 21.7. The monoisotopic (exact) mass is 431 g/mol. The molecule has 0 fully saturated rings. The molecule has 0 aliphatic carbocycles. The molecule has 0 aliphatic rings. The molecule has 0 unspecified atom stereocenters. The first kappa shape index (κ1) is 21.6. The van der Waals surface area contributed by atoms with E-state index in [0.29, 0.717) is 18.0 Å². The molecular weight excluding hydrogens is 406 g/mol. The third-order valence-corrected chi connectivity index (χ3v) is 5.58. The Morgan fingerprint density at radius 1 is 1.30 bits per heavy atom. The number of carbonyl (C=O) groups excluding carboxylic acids is 1. The zero-order valence-corrected chi connectivity index (χ0v) is 17.8. The van der Waals surface area contributed by atoms with Crippen LogP contribution in [0.2, 0.25) is 0 Å². The van der Waals surface area contributed by atoms with Gasteiger partial charge in [0, 0.05) is 24.0 Å². The van der Waals surface area contributed by atoms with Crippen molar-refractivity contribution in [1.29, 1.82) is 0 Å². The Morgan fingerprint density at radius 2 is 2.07 bits per heavy atom. The summed E-state index contributed by atoms with van der Waals surface area (Å²) in [6.45, 7) is 4.62. The smallest absolute Gasteiger partial charge is 0.330 e. The number of nitrogens with one attached hydrogen (secondary N) is 1. The van der Waals surface area contributed by atoms with Crippen LogP contribution in [-0.4, -0.2) is 27.0 Å². The van der Waals surface area contributed by atoms with Gasteiger partial charge < -0.3 is 10.2 Å². The maximum atomic E-state index is 13.3. The lowest BCUT2D eigenvalue weighted by molar-refractivity contribution is 0.0982. The van der Waals surface area contributed by atoms with E-state index in [2.05, 4.69) is 9.97 Å². The Balaban J connectivity index is 2.03. The summed E-state index contributed by atoms with van der Waals surface area (Å²) < 4.78 is 6.38. The highest BCUT2D eigenvalue weighted by atomic mass is 32.1. The SMILES string of the molecule is CCCCN(C(=O)c1csc(-c2ccoc2)n1)c1c(N)n(CCCC)c(=O)[nH]c1=O. The van der Waals surface area contributed by atoms with Crippen molar-refractivity contribution >= 4 is 28.7 Å². The number of hydrogen-bond donors (Lipinski definition) is 2. The van der Waals surface area contributed by atoms with Crippen molar-refractivity contribution in [3.05, 3.63) is 50.5 Å². The van der Waals surface area contributed by atoms with Crippen molar-refractivity contribution in [2.75, 3.05) is 17.2 Å². The van der Waals surface area contributed by atoms with Gasteiger partial charge in [0.15, 0.2) is 5.69 Å². The number of anilines is 2. The van der Waals surface area contributed by atoms with Gasteiger partial charge in [0.05, 0.1) is 6.26 Å². The lowest BCUT2D eigenvalue weighted by atomic mass is 10.2. The number of hydrogen-bond acceptors (Lipinski definition) is 7. The molecule has 0 atom stereocenters. The lowest BCUT2D eigenvalue weighted by Crippen LogP contribution is -2.41. The van der Waals surface area contributed by atoms with Gasteiger partial charge in [0.1, 0.15) is 22.8 Å². The van der Waals surface area contributed by atoms with Crippen LogP contribution in [-0.2, 0) is 6.54 Å². The molecule has 0 spiro atoms. The number of unbranched alkanes of at least 4 members (excludes halogenated alkanes) is 2. The summed E-state index contributed by atoms with van der Waals surface area (Å²) in [5, 5.41) is 2.28. The summed E-state index contributed by atoms with van der Waals surface area (Å²) >= 11 is 1.31. The second kappa shape index (κ2) is 9.57. The predicted molar refractivity (Wildman–Crippen MR) is 117 cm³/mol. The summed E-state index contributed by atoms with van der Waals surface area (Å²) in [5.41, 5.74) is 5.92. The Kier molecular flexibility index (Phi) is 6.88. The molecule has 160 valence electrons. The molecule has 3 N–H and O–H groups in total. The van der Waals surface area contributed by atoms with E-state index in [9.17, 15) is 14.4 Å². The van der Waals surface area contributed by atoms with E-state index < -0.39 is 17.2 Å². The molecule has 3 rings (SSSR count). The minimum Gasteiger partial charge on any atom is -0.472 e. The number of thiazole rings is 1. The first-order valence-corrected chi connectivity index (χ1v) is 10.8. The molecule has 3 aromatic heterocycles. The van der Waals surface area contributed by atoms with Gasteiger partial charge in [-0.15, -0.1) is 11.3 Å². The maximum absolute atomic E-state index is 13.3. The van der Waals surface area contributed by atoms with Gasteiger partial charge >= 0.3 is 5.69 Å². The van der Waals surface area contributed by atoms with Crippen molar-refractivity contribution in [3.63, 3.8) is 0 Å². The number of amides is 1. The van der Waals surface area contributed by atoms with Crippen LogP contribution in [0.25, 0.3) is 10.6 Å². The summed E-state index contributed by atoms with van der Waals surface area (Å²) in [6.07, 6.45) is 6.14. The van der Waals surface area contributed by atoms with Crippen molar-refractivity contribution in [2.24, 2.45) is 0 Å². The van der Waals surface area contributed by atoms with Gasteiger partial charge in [-0.25, -0.2) is 9.78 Å². The van der Waals surface area contributed by atoms with Gasteiger partial charge in [-0.2, -0.15) is 0 Å². The molecule has 0 radical (unpaired) electrons. The van der Waals surface area contributed by atoms with Gasteiger partial charge in [0.25, 0.3) is 11.5 Å². The number of rotatable bonds is 9. The Bertz CT molecular complexity index is 1110. The fourth-order valence-electron chi connectivity index (χ4n) is 3.04. The van der Waals surface area contributed by atoms with E-state index in [1.165, 1.54) is 27.1 Å². The lowest BCUT2D eigenvalue weighted by Gasteiger charge is -2.23. The molecule has 9 nitrogen and oxygen atoms in total. The number of furan rings is 1. The summed E-state index contributed by atoms with van der Waals surface area (Å²) in [7, 11) is 0. The largest absolute Gasteiger partial charge is 0.472 e. The minimum atomic E-state index is -0.681. The van der Waals surface area contributed by atoms with Crippen molar-refractivity contribution in [3.8, 4) is 10.6 Å². The molecule has 3 aromatic rings. The third-order valence-electron chi connectivity index (χ3n) is 4.69. The second-order valence-corrected chi connectivity index (χ2v) is 7.72. The van der Waals surface area contributed by atoms with Crippen LogP contribution >= 0.6 is 11.3 Å². The van der Waals surface area contributed by atoms with E-state index >= 15 is 0 Å². The van der Waals surface area contributed by atoms with Crippen LogP contribution in [0.3, 0.4) is 0 Å². The topological polar surface area (TPSA) is 127 Å². The number of nitrogens with two attached hydrogens (primary N) is 1. The van der Waals surface area contributed by atoms with Crippen molar-refractivity contribution in [1.82, 2.24) is 14.5 Å². The van der Waals surface area contributed by atoms with Gasteiger partial charge in [-0.05, 0) is 18.9 Å². The van der Waals surface area contributed by atoms with E-state index in [4.69, 9.17) is 10.2 Å². The summed E-state index contributed by atoms with van der Waals surface area (Å²) in [6, 6.07) is 1.76. The fraction of sp³-hybridized carbons (Fsp3) is 0.400. The van der Waals surface area contributed by atoms with E-state index in [-0.39, 0.29) is 23.7 Å². The van der Waals surface area contributed by atoms with Gasteiger partial charge in [-0.1, -0.05) is 26.7 Å². The molecule has 3 heterocycles. The molecule has 0 saturated heterocycles. The van der Waals surface area contributed by atoms with Crippen molar-refractivity contribution in [2.45, 2.75) is 46.1 Å². The Morgan fingerprint density at radius 3 is 2.73 bits per heavy atom. The average molecular weight is 432 g/mol. The summed E-state index contributed by atoms with van der Waals surface area (Å²) in [4.78, 5) is 46.2. The van der Waals surface area contributed by atoms with Crippen LogP contribution in [0.1, 0.15) is 50.0 Å². The van der Waals surface area contributed by atoms with Crippen LogP contribution in [0, 0.1) is 0 Å². The standard InChI is InChI=1S/C20H25N5O4S/c1-3-5-8-24(15-16(21)25(9-6-4-2)20(28)23-17(15)26)19(27)14-12-30-18(22-14)13-7-10-29-11-13/h7,10-12H,3-6,8-9,21H2,1-2H3,(H,23,26,28). The zero-order valence-electron chi connectivity index (χ0n) is 17.0. The quantitative estimate of drug-likeness (QED) is 0.536. The Labute approximate surface area is 177 Å². The highest BCUT2D eigenvalue weighted by Gasteiger charge is 2.26. The first-order chi connectivity index (χ1) is 14.5. The molecule has 10 heteroatoms. The molecule has 0 aliphatic heterocycles. The van der Waals surface area contributed by atoms with E-state index in [1.807, 2.05) is 13.8 Å². The highest BCUT2D eigenvalue weighted by molar-refractivity contribution is 7.13. The predicted octanol–water partition coefficient (Wildman–Crippen LogP) is 3.08. The fourth-order valence-corrected chi connectivity index (χ4v) is 3.82. The third kappa shape index (κ3) is 4.38. The first-order valence-electron chi connectivity index (χ1n) is 9.90. The summed E-state index contributed by atoms with van der Waals surface area (Å²) in [5.74, 6) is -0.445. The molecule has 0 aromatic carbocycles. The Hall–Kier alpha value is -3.14. The number of carbonyl (C=O) groups is 1. The number of nitrogen functional groups attached to an aromatic ring is 1. The van der Waals surface area contributed by atoms with E-state index in [1.54, 1.807) is 17.7 Å². The normalized spacial score (nSPS) is 11.0. The average Bonchev–Trinajstić information content (AvgIpc) is 3.41. The number of nitrogens with zero attached hydrogens (tertiary/aromatic N) is 3. The van der Waals surface area contributed by atoms with Crippen LogP contribution in [0.5, 0.6) is 0 Å². The number of aromatic nitrogens is 3. The van der Waals surface area contributed by atoms with Gasteiger partial charge in [-0.3, -0.25) is 24.0 Å². The highest BCUT2D eigenvalue weighted by Crippen LogP contribution is 2.26. The van der Waals surface area contributed by atoms with E-state index in [0.717, 1.165) is 24.8 Å². The second-order valence-electron chi connectivity index (χ2n) is 6.86. The van der Waals surface area contributed by atoms with Crippen molar-refractivity contribution < 1.29 is 9.21 Å². The molecule has 0 saturated carbocycles. The number of H-pyrrole nitrogens is 1. The van der Waals surface area contributed by atoms with Crippen LogP contribution in [0.4, 0.5) is 11.5 Å². The van der Waals surface area contributed by atoms with Crippen LogP contribution in [0.15, 0.2) is 38.0 Å². The molecule has 30 heavy (non-hydrogen) atoms. The number of aromatic amines is 1. The van der Waals surface area contributed by atoms with Gasteiger partial charge in [0.2, 0.25) is 0 Å². The minimum absolute atomic E-state index is 0.00746. The molecule has 1 amide bonds. The molecular formula is C20H25N5O4S. The molecule has 0 bridgehead atoms.